The van der Waals surface area contributed by atoms with Crippen molar-refractivity contribution in [3.63, 3.8) is 0 Å². The van der Waals surface area contributed by atoms with Crippen molar-refractivity contribution in [1.29, 1.82) is 0 Å². The molecule has 6 atom stereocenters. The monoisotopic (exact) mass is 580 g/mol. The van der Waals surface area contributed by atoms with Gasteiger partial charge in [0.05, 0.1) is 12.0 Å². The quantitative estimate of drug-likeness (QED) is 0.410. The Morgan fingerprint density at radius 2 is 1.82 bits per heavy atom. The second-order valence-corrected chi connectivity index (χ2v) is 11.6. The molecule has 1 aliphatic heterocycles. The molecule has 40 heavy (non-hydrogen) atoms. The minimum absolute atomic E-state index is 0.0269. The van der Waals surface area contributed by atoms with Gasteiger partial charge in [0, 0.05) is 31.5 Å². The third-order valence-corrected chi connectivity index (χ3v) is 7.41. The molecule has 0 radical (unpaired) electrons. The van der Waals surface area contributed by atoms with Crippen molar-refractivity contribution in [3.8, 4) is 0 Å². The van der Waals surface area contributed by atoms with Crippen molar-refractivity contribution in [2.75, 3.05) is 13.7 Å². The molecule has 2 rings (SSSR count). The van der Waals surface area contributed by atoms with Crippen LogP contribution in [-0.4, -0.2) is 61.8 Å². The Bertz CT molecular complexity index is 991. The smallest absolute Gasteiger partial charge is 0.347 e. The van der Waals surface area contributed by atoms with Gasteiger partial charge in [0.15, 0.2) is 6.10 Å². The summed E-state index contributed by atoms with van der Waals surface area (Å²) in [4.78, 5) is 52.1. The number of ether oxygens (including phenoxy) is 3. The first-order valence-corrected chi connectivity index (χ1v) is 14.6. The van der Waals surface area contributed by atoms with Crippen molar-refractivity contribution in [1.82, 2.24) is 10.6 Å². The number of amides is 2. The number of cyclic esters (lactones) is 2. The molecule has 2 amide bonds. The van der Waals surface area contributed by atoms with Crippen LogP contribution in [0.2, 0.25) is 0 Å². The van der Waals surface area contributed by atoms with E-state index >= 15 is 0 Å². The zero-order valence-corrected chi connectivity index (χ0v) is 25.3. The van der Waals surface area contributed by atoms with E-state index in [4.69, 9.17) is 25.8 Å². The largest absolute Gasteiger partial charge is 0.459 e. The van der Waals surface area contributed by atoms with E-state index in [1.54, 1.807) is 26.2 Å². The molecule has 0 saturated carbocycles. The Morgan fingerprint density at radius 1 is 1.10 bits per heavy atom. The molecule has 0 fully saturated rings. The molecule has 10 heteroatoms. The minimum Gasteiger partial charge on any atom is -0.459 e. The Hall–Kier alpha value is -2.65. The number of esters is 2. The highest BCUT2D eigenvalue weighted by atomic mass is 35.5. The lowest BCUT2D eigenvalue weighted by Gasteiger charge is -2.27. The lowest BCUT2D eigenvalue weighted by Crippen LogP contribution is -2.48. The van der Waals surface area contributed by atoms with E-state index in [0.717, 1.165) is 18.4 Å². The van der Waals surface area contributed by atoms with Crippen molar-refractivity contribution < 1.29 is 33.4 Å². The van der Waals surface area contributed by atoms with E-state index in [2.05, 4.69) is 10.6 Å². The Kier molecular flexibility index (Phi) is 13.9. The summed E-state index contributed by atoms with van der Waals surface area (Å²) in [6, 6.07) is -0.902. The summed E-state index contributed by atoms with van der Waals surface area (Å²) in [5.74, 6) is -2.72. The molecule has 0 bridgehead atoms. The molecule has 1 unspecified atom stereocenters. The molecule has 9 nitrogen and oxygen atoms in total. The summed E-state index contributed by atoms with van der Waals surface area (Å²) in [7, 11) is 1.58. The Labute approximate surface area is 243 Å². The van der Waals surface area contributed by atoms with E-state index in [0.29, 0.717) is 24.3 Å². The third kappa shape index (κ3) is 10.7. The summed E-state index contributed by atoms with van der Waals surface area (Å²) in [6.45, 7) is 9.49. The number of allylic oxidation sites excluding steroid dienone is 1. The molecule has 2 N–H and O–H groups in total. The topological polar surface area (TPSA) is 120 Å². The molecule has 0 spiro atoms. The van der Waals surface area contributed by atoms with Crippen molar-refractivity contribution in [3.05, 3.63) is 34.9 Å². The first-order chi connectivity index (χ1) is 18.9. The average Bonchev–Trinajstić information content (AvgIpc) is 2.89. The maximum Gasteiger partial charge on any atom is 0.347 e. The van der Waals surface area contributed by atoms with Gasteiger partial charge in [-0.05, 0) is 48.8 Å². The van der Waals surface area contributed by atoms with E-state index in [-0.39, 0.29) is 30.9 Å². The van der Waals surface area contributed by atoms with Crippen LogP contribution in [-0.2, 0) is 33.4 Å². The molecule has 0 aromatic heterocycles. The number of carbonyl (C=O) groups excluding carboxylic acids is 4. The van der Waals surface area contributed by atoms with E-state index in [9.17, 15) is 19.2 Å². The first-order valence-electron chi connectivity index (χ1n) is 14.2. The molecule has 2 aliphatic rings. The summed E-state index contributed by atoms with van der Waals surface area (Å²) in [6.07, 6.45) is 7.99. The van der Waals surface area contributed by atoms with Crippen LogP contribution in [0.3, 0.4) is 0 Å². The van der Waals surface area contributed by atoms with Crippen LogP contribution in [0.15, 0.2) is 34.9 Å². The fraction of sp³-hybridized carbons (Fsp3) is 0.667. The van der Waals surface area contributed by atoms with Gasteiger partial charge < -0.3 is 24.8 Å². The van der Waals surface area contributed by atoms with E-state index < -0.39 is 47.9 Å². The number of carbonyl (C=O) groups is 4. The van der Waals surface area contributed by atoms with Crippen LogP contribution in [0.25, 0.3) is 0 Å². The molecule has 224 valence electrons. The summed E-state index contributed by atoms with van der Waals surface area (Å²) in [5.41, 5.74) is 0.793. The van der Waals surface area contributed by atoms with Crippen LogP contribution in [0.5, 0.6) is 0 Å². The highest BCUT2D eigenvalue weighted by Crippen LogP contribution is 2.26. The van der Waals surface area contributed by atoms with Crippen molar-refractivity contribution in [2.24, 2.45) is 17.8 Å². The SMILES string of the molecule is CCC[C@@H](C)[C@@H]1C/C=C/C(=O)N[C@H](CC2=CCC(OC)C(Cl)=C2)C(=O)NC[C@@H](C)C(=O)O[C@@H](CC(C)C)C(=O)O1. The molecule has 1 heterocycles. The van der Waals surface area contributed by atoms with Crippen LogP contribution in [0.1, 0.15) is 73.1 Å². The summed E-state index contributed by atoms with van der Waals surface area (Å²) < 4.78 is 16.8. The Balaban J connectivity index is 2.32. The number of methoxy groups -OCH3 is 1. The Morgan fingerprint density at radius 3 is 2.45 bits per heavy atom. The molecule has 1 aliphatic carbocycles. The normalized spacial score (nSPS) is 28.9. The van der Waals surface area contributed by atoms with Crippen LogP contribution >= 0.6 is 11.6 Å². The fourth-order valence-electron chi connectivity index (χ4n) is 4.63. The highest BCUT2D eigenvalue weighted by molar-refractivity contribution is 6.30. The summed E-state index contributed by atoms with van der Waals surface area (Å²) >= 11 is 6.33. The number of hydrogen-bond acceptors (Lipinski definition) is 7. The number of hydrogen-bond donors (Lipinski definition) is 2. The van der Waals surface area contributed by atoms with Crippen LogP contribution < -0.4 is 10.6 Å². The van der Waals surface area contributed by atoms with Gasteiger partial charge in [-0.2, -0.15) is 0 Å². The average molecular weight is 581 g/mol. The van der Waals surface area contributed by atoms with Gasteiger partial charge in [0.1, 0.15) is 12.1 Å². The molecule has 0 aromatic rings. The van der Waals surface area contributed by atoms with Crippen LogP contribution in [0, 0.1) is 17.8 Å². The van der Waals surface area contributed by atoms with Gasteiger partial charge in [-0.15, -0.1) is 0 Å². The second kappa shape index (κ2) is 16.6. The van der Waals surface area contributed by atoms with Gasteiger partial charge in [-0.25, -0.2) is 4.79 Å². The third-order valence-electron chi connectivity index (χ3n) is 7.06. The lowest BCUT2D eigenvalue weighted by molar-refractivity contribution is -0.176. The van der Waals surface area contributed by atoms with Gasteiger partial charge in [-0.3, -0.25) is 14.4 Å². The molecular formula is C30H45ClN2O7. The maximum absolute atomic E-state index is 13.2. The van der Waals surface area contributed by atoms with Gasteiger partial charge >= 0.3 is 11.9 Å². The zero-order valence-electron chi connectivity index (χ0n) is 24.5. The van der Waals surface area contributed by atoms with Crippen molar-refractivity contribution >= 4 is 35.4 Å². The standard InChI is InChI=1S/C30H45ClN2O7/c1-7-9-19(4)24-10-8-11-27(34)33-23(16-21-12-13-25(38-6)22(31)15-21)28(35)32-17-20(5)29(36)40-26(14-18(2)3)30(37)39-24/h8,11-12,15,18-20,23-26H,7,9-10,13-14,16-17H2,1-6H3,(H,32,35)(H,33,34)/b11-8+/t19-,20-,23-,24+,25?,26+/m1/s1. The molecule has 0 aromatic carbocycles. The lowest BCUT2D eigenvalue weighted by atomic mass is 9.96. The number of rotatable bonds is 8. The van der Waals surface area contributed by atoms with Crippen molar-refractivity contribution in [2.45, 2.75) is 97.5 Å². The predicted octanol–water partition coefficient (Wildman–Crippen LogP) is 4.35. The van der Waals surface area contributed by atoms with Gasteiger partial charge in [0.25, 0.3) is 0 Å². The van der Waals surface area contributed by atoms with Gasteiger partial charge in [0.2, 0.25) is 11.8 Å². The number of nitrogens with one attached hydrogen (secondary N) is 2. The van der Waals surface area contributed by atoms with Gasteiger partial charge in [-0.1, -0.05) is 64.8 Å². The molecular weight excluding hydrogens is 536 g/mol. The van der Waals surface area contributed by atoms with E-state index in [1.165, 1.54) is 6.08 Å². The second-order valence-electron chi connectivity index (χ2n) is 11.1. The predicted molar refractivity (Wildman–Crippen MR) is 153 cm³/mol. The maximum atomic E-state index is 13.2. The minimum atomic E-state index is -1.05. The first kappa shape index (κ1) is 33.6. The van der Waals surface area contributed by atoms with Crippen LogP contribution in [0.4, 0.5) is 0 Å². The number of halogens is 1. The fourth-order valence-corrected chi connectivity index (χ4v) is 4.94. The highest BCUT2D eigenvalue weighted by Gasteiger charge is 2.32. The molecule has 0 saturated heterocycles. The summed E-state index contributed by atoms with van der Waals surface area (Å²) in [5, 5.41) is 6.02. The van der Waals surface area contributed by atoms with E-state index in [1.807, 2.05) is 33.8 Å². The zero-order chi connectivity index (χ0) is 29.8.